The number of methoxy groups -OCH3 is 3. The third kappa shape index (κ3) is 4.86. The second-order valence-electron chi connectivity index (χ2n) is 5.83. The zero-order valence-corrected chi connectivity index (χ0v) is 16.2. The zero-order valence-electron chi connectivity index (χ0n) is 16.2. The highest BCUT2D eigenvalue weighted by molar-refractivity contribution is 5.98. The van der Waals surface area contributed by atoms with Crippen LogP contribution >= 0.6 is 0 Å². The average molecular weight is 392 g/mol. The van der Waals surface area contributed by atoms with Crippen LogP contribution in [0.4, 0.5) is 0 Å². The monoisotopic (exact) mass is 392 g/mol. The first-order valence-electron chi connectivity index (χ1n) is 8.66. The minimum absolute atomic E-state index is 0.165. The third-order valence-corrected chi connectivity index (χ3v) is 4.03. The number of amides is 1. The minimum atomic E-state index is -0.477. The molecule has 0 fully saturated rings. The van der Waals surface area contributed by atoms with Crippen LogP contribution in [0.15, 0.2) is 60.0 Å². The van der Waals surface area contributed by atoms with Gasteiger partial charge in [-0.15, -0.1) is 0 Å². The maximum Gasteiger partial charge on any atom is 0.292 e. The second-order valence-corrected chi connectivity index (χ2v) is 5.83. The SMILES string of the molecule is COc1ccc(-c2nccnc2C(=O)N/N=C/c2cc(OC)cc(OC)c2)cc1. The van der Waals surface area contributed by atoms with Gasteiger partial charge in [-0.25, -0.2) is 10.4 Å². The van der Waals surface area contributed by atoms with Crippen LogP contribution in [0.3, 0.4) is 0 Å². The molecule has 0 aliphatic rings. The predicted octanol–water partition coefficient (Wildman–Crippen LogP) is 2.93. The molecule has 0 bridgehead atoms. The van der Waals surface area contributed by atoms with Gasteiger partial charge in [0.25, 0.3) is 5.91 Å². The molecule has 148 valence electrons. The maximum absolute atomic E-state index is 12.6. The molecule has 0 atom stereocenters. The summed E-state index contributed by atoms with van der Waals surface area (Å²) in [6, 6.07) is 12.5. The molecule has 8 nitrogen and oxygen atoms in total. The van der Waals surface area contributed by atoms with E-state index in [2.05, 4.69) is 20.5 Å². The lowest BCUT2D eigenvalue weighted by Gasteiger charge is -2.07. The van der Waals surface area contributed by atoms with E-state index in [9.17, 15) is 4.79 Å². The van der Waals surface area contributed by atoms with Crippen LogP contribution in [0.25, 0.3) is 11.3 Å². The Morgan fingerprint density at radius 2 is 1.52 bits per heavy atom. The summed E-state index contributed by atoms with van der Waals surface area (Å²) in [4.78, 5) is 21.0. The van der Waals surface area contributed by atoms with Gasteiger partial charge < -0.3 is 14.2 Å². The summed E-state index contributed by atoms with van der Waals surface area (Å²) in [6.45, 7) is 0. The Labute approximate surface area is 168 Å². The van der Waals surface area contributed by atoms with Crippen molar-refractivity contribution in [2.24, 2.45) is 5.10 Å². The van der Waals surface area contributed by atoms with E-state index in [1.807, 2.05) is 12.1 Å². The summed E-state index contributed by atoms with van der Waals surface area (Å²) in [7, 11) is 4.71. The molecule has 0 saturated carbocycles. The van der Waals surface area contributed by atoms with Crippen molar-refractivity contribution in [2.45, 2.75) is 0 Å². The Morgan fingerprint density at radius 1 is 0.897 bits per heavy atom. The van der Waals surface area contributed by atoms with Gasteiger partial charge in [0.05, 0.1) is 27.5 Å². The molecule has 8 heteroatoms. The van der Waals surface area contributed by atoms with Gasteiger partial charge in [0.15, 0.2) is 5.69 Å². The van der Waals surface area contributed by atoms with Gasteiger partial charge in [-0.3, -0.25) is 9.78 Å². The van der Waals surface area contributed by atoms with Crippen LogP contribution in [-0.2, 0) is 0 Å². The average Bonchev–Trinajstić information content (AvgIpc) is 2.78. The van der Waals surface area contributed by atoms with E-state index in [0.717, 1.165) is 5.56 Å². The van der Waals surface area contributed by atoms with Gasteiger partial charge in [0, 0.05) is 29.6 Å². The summed E-state index contributed by atoms with van der Waals surface area (Å²) in [6.07, 6.45) is 4.48. The van der Waals surface area contributed by atoms with Crippen molar-refractivity contribution in [2.75, 3.05) is 21.3 Å². The van der Waals surface area contributed by atoms with E-state index in [1.54, 1.807) is 51.7 Å². The summed E-state index contributed by atoms with van der Waals surface area (Å²) in [5, 5.41) is 4.01. The Balaban J connectivity index is 1.79. The highest BCUT2D eigenvalue weighted by Crippen LogP contribution is 2.23. The molecule has 1 heterocycles. The Hall–Kier alpha value is -3.94. The van der Waals surface area contributed by atoms with E-state index >= 15 is 0 Å². The normalized spacial score (nSPS) is 10.6. The molecule has 2 aromatic carbocycles. The van der Waals surface area contributed by atoms with Crippen molar-refractivity contribution in [3.63, 3.8) is 0 Å². The van der Waals surface area contributed by atoms with Gasteiger partial charge in [0.1, 0.15) is 22.9 Å². The fourth-order valence-corrected chi connectivity index (χ4v) is 2.59. The van der Waals surface area contributed by atoms with E-state index in [-0.39, 0.29) is 5.69 Å². The molecule has 0 aliphatic carbocycles. The van der Waals surface area contributed by atoms with E-state index in [1.165, 1.54) is 18.6 Å². The van der Waals surface area contributed by atoms with E-state index in [0.29, 0.717) is 28.5 Å². The number of benzene rings is 2. The molecule has 1 amide bonds. The smallest absolute Gasteiger partial charge is 0.292 e. The van der Waals surface area contributed by atoms with Crippen molar-refractivity contribution in [3.8, 4) is 28.5 Å². The number of ether oxygens (including phenoxy) is 3. The number of rotatable bonds is 7. The molecule has 1 N–H and O–H groups in total. The van der Waals surface area contributed by atoms with E-state index < -0.39 is 5.91 Å². The number of hydrogen-bond donors (Lipinski definition) is 1. The Morgan fingerprint density at radius 3 is 2.14 bits per heavy atom. The van der Waals surface area contributed by atoms with Crippen LogP contribution in [0.1, 0.15) is 16.1 Å². The molecular weight excluding hydrogens is 372 g/mol. The van der Waals surface area contributed by atoms with Gasteiger partial charge in [0.2, 0.25) is 0 Å². The molecule has 3 rings (SSSR count). The van der Waals surface area contributed by atoms with Gasteiger partial charge >= 0.3 is 0 Å². The second kappa shape index (κ2) is 9.32. The Bertz CT molecular complexity index is 997. The van der Waals surface area contributed by atoms with Crippen molar-refractivity contribution in [3.05, 3.63) is 66.1 Å². The number of hydrazone groups is 1. The van der Waals surface area contributed by atoms with Gasteiger partial charge in [-0.05, 0) is 36.4 Å². The maximum atomic E-state index is 12.6. The van der Waals surface area contributed by atoms with Crippen LogP contribution in [0, 0.1) is 0 Å². The van der Waals surface area contributed by atoms with Crippen LogP contribution in [0.5, 0.6) is 17.2 Å². The summed E-state index contributed by atoms with van der Waals surface area (Å²) >= 11 is 0. The van der Waals surface area contributed by atoms with Crippen molar-refractivity contribution in [1.82, 2.24) is 15.4 Å². The number of aromatic nitrogens is 2. The molecule has 0 unspecified atom stereocenters. The fraction of sp³-hybridized carbons (Fsp3) is 0.143. The lowest BCUT2D eigenvalue weighted by molar-refractivity contribution is 0.0950. The molecule has 29 heavy (non-hydrogen) atoms. The van der Waals surface area contributed by atoms with E-state index in [4.69, 9.17) is 14.2 Å². The first-order valence-corrected chi connectivity index (χ1v) is 8.66. The van der Waals surface area contributed by atoms with Gasteiger partial charge in [-0.2, -0.15) is 5.10 Å². The van der Waals surface area contributed by atoms with Crippen LogP contribution in [0.2, 0.25) is 0 Å². The number of carbonyl (C=O) groups excluding carboxylic acids is 1. The zero-order chi connectivity index (χ0) is 20.6. The largest absolute Gasteiger partial charge is 0.497 e. The number of nitrogens with zero attached hydrogens (tertiary/aromatic N) is 3. The van der Waals surface area contributed by atoms with Crippen LogP contribution in [-0.4, -0.2) is 43.4 Å². The summed E-state index contributed by atoms with van der Waals surface area (Å²) in [5.41, 5.74) is 4.54. The lowest BCUT2D eigenvalue weighted by Crippen LogP contribution is -2.20. The van der Waals surface area contributed by atoms with Crippen LogP contribution < -0.4 is 19.6 Å². The highest BCUT2D eigenvalue weighted by atomic mass is 16.5. The topological polar surface area (TPSA) is 94.9 Å². The first kappa shape index (κ1) is 19.8. The third-order valence-electron chi connectivity index (χ3n) is 4.03. The van der Waals surface area contributed by atoms with Crippen molar-refractivity contribution in [1.29, 1.82) is 0 Å². The number of nitrogens with one attached hydrogen (secondary N) is 1. The molecule has 0 aliphatic heterocycles. The van der Waals surface area contributed by atoms with Crippen molar-refractivity contribution >= 4 is 12.1 Å². The predicted molar refractivity (Wildman–Crippen MR) is 109 cm³/mol. The Kier molecular flexibility index (Phi) is 6.36. The minimum Gasteiger partial charge on any atom is -0.497 e. The van der Waals surface area contributed by atoms with Gasteiger partial charge in [-0.1, -0.05) is 0 Å². The molecule has 0 saturated heterocycles. The lowest BCUT2D eigenvalue weighted by atomic mass is 10.1. The summed E-state index contributed by atoms with van der Waals surface area (Å²) < 4.78 is 15.6. The molecular formula is C21H20N4O4. The molecule has 3 aromatic rings. The summed E-state index contributed by atoms with van der Waals surface area (Å²) in [5.74, 6) is 1.47. The highest BCUT2D eigenvalue weighted by Gasteiger charge is 2.15. The first-order chi connectivity index (χ1) is 14.1. The molecule has 0 radical (unpaired) electrons. The standard InChI is InChI=1S/C21H20N4O4/c1-27-16-6-4-15(5-7-16)19-20(23-9-8-22-19)21(26)25-24-13-14-10-17(28-2)12-18(11-14)29-3/h4-13H,1-3H3,(H,25,26)/b24-13+. The molecule has 1 aromatic heterocycles. The quantitative estimate of drug-likeness (QED) is 0.491. The fourth-order valence-electron chi connectivity index (χ4n) is 2.59. The number of carbonyl (C=O) groups is 1. The number of hydrogen-bond acceptors (Lipinski definition) is 7. The molecule has 0 spiro atoms. The van der Waals surface area contributed by atoms with Crippen molar-refractivity contribution < 1.29 is 19.0 Å².